The molecule has 1 aliphatic rings. The fourth-order valence-corrected chi connectivity index (χ4v) is 5.86. The standard InChI is InChI=1S/C22H29IN6OS/c1-21(2)10-16(11-22(3,4)29(21)23)28(5)20-27-26-19(31-20)17-8-7-14(9-18(17)30-6)15-12-24-25-13-15/h7-9,12-13,16H,10-11H2,1-6H3,(H,24,25). The molecule has 1 fully saturated rings. The lowest BCUT2D eigenvalue weighted by molar-refractivity contribution is 0.0724. The number of aromatic nitrogens is 4. The van der Waals surface area contributed by atoms with Crippen molar-refractivity contribution in [3.63, 3.8) is 0 Å². The molecule has 166 valence electrons. The van der Waals surface area contributed by atoms with Crippen LogP contribution in [0.2, 0.25) is 0 Å². The van der Waals surface area contributed by atoms with Crippen LogP contribution in [0.5, 0.6) is 5.75 Å². The van der Waals surface area contributed by atoms with E-state index in [9.17, 15) is 0 Å². The zero-order chi connectivity index (χ0) is 22.4. The predicted molar refractivity (Wildman–Crippen MR) is 135 cm³/mol. The molecule has 0 radical (unpaired) electrons. The second kappa shape index (κ2) is 8.32. The molecule has 0 bridgehead atoms. The lowest BCUT2D eigenvalue weighted by atomic mass is 9.79. The monoisotopic (exact) mass is 552 g/mol. The van der Waals surface area contributed by atoms with Gasteiger partial charge in [0.1, 0.15) is 5.75 Å². The normalized spacial score (nSPS) is 18.8. The average molecular weight is 552 g/mol. The van der Waals surface area contributed by atoms with Crippen LogP contribution in [0.1, 0.15) is 40.5 Å². The van der Waals surface area contributed by atoms with Crippen LogP contribution in [0.15, 0.2) is 30.6 Å². The van der Waals surface area contributed by atoms with Gasteiger partial charge in [-0.15, -0.1) is 10.2 Å². The summed E-state index contributed by atoms with van der Waals surface area (Å²) >= 11 is 4.10. The Labute approximate surface area is 201 Å². The van der Waals surface area contributed by atoms with Crippen molar-refractivity contribution in [1.82, 2.24) is 23.5 Å². The van der Waals surface area contributed by atoms with Crippen LogP contribution in [0, 0.1) is 0 Å². The third-order valence-electron chi connectivity index (χ3n) is 6.06. The molecule has 0 atom stereocenters. The number of anilines is 1. The van der Waals surface area contributed by atoms with Gasteiger partial charge in [-0.3, -0.25) is 5.10 Å². The largest absolute Gasteiger partial charge is 0.496 e. The first-order valence-corrected chi connectivity index (χ1v) is 12.1. The molecule has 0 amide bonds. The van der Waals surface area contributed by atoms with E-state index in [-0.39, 0.29) is 11.1 Å². The number of ether oxygens (including phenoxy) is 1. The Balaban J connectivity index is 1.60. The van der Waals surface area contributed by atoms with Crippen molar-refractivity contribution in [1.29, 1.82) is 0 Å². The van der Waals surface area contributed by atoms with Crippen molar-refractivity contribution < 1.29 is 4.74 Å². The van der Waals surface area contributed by atoms with Gasteiger partial charge < -0.3 is 9.64 Å². The molecular weight excluding hydrogens is 523 g/mol. The van der Waals surface area contributed by atoms with Gasteiger partial charge in [0, 0.05) is 58.8 Å². The van der Waals surface area contributed by atoms with E-state index in [2.05, 4.69) is 92.1 Å². The molecule has 2 aromatic heterocycles. The van der Waals surface area contributed by atoms with Crippen LogP contribution in [0.25, 0.3) is 21.7 Å². The minimum Gasteiger partial charge on any atom is -0.496 e. The number of nitrogens with one attached hydrogen (secondary N) is 1. The summed E-state index contributed by atoms with van der Waals surface area (Å²) in [6.45, 7) is 9.27. The number of H-pyrrole nitrogens is 1. The van der Waals surface area contributed by atoms with Gasteiger partial charge in [-0.25, -0.2) is 3.11 Å². The van der Waals surface area contributed by atoms with Gasteiger partial charge in [0.15, 0.2) is 5.01 Å². The van der Waals surface area contributed by atoms with Crippen molar-refractivity contribution in [3.8, 4) is 27.4 Å². The van der Waals surface area contributed by atoms with E-state index in [0.717, 1.165) is 45.4 Å². The molecule has 7 nitrogen and oxygen atoms in total. The van der Waals surface area contributed by atoms with Crippen molar-refractivity contribution in [2.75, 3.05) is 19.1 Å². The van der Waals surface area contributed by atoms with Gasteiger partial charge in [0.25, 0.3) is 0 Å². The molecule has 0 unspecified atom stereocenters. The highest BCUT2D eigenvalue weighted by atomic mass is 127. The lowest BCUT2D eigenvalue weighted by Crippen LogP contribution is -2.59. The number of halogens is 1. The maximum atomic E-state index is 5.68. The smallest absolute Gasteiger partial charge is 0.208 e. The van der Waals surface area contributed by atoms with Crippen molar-refractivity contribution >= 4 is 39.3 Å². The molecule has 4 rings (SSSR count). The maximum Gasteiger partial charge on any atom is 0.208 e. The first kappa shape index (κ1) is 22.5. The van der Waals surface area contributed by atoms with Crippen molar-refractivity contribution in [2.45, 2.75) is 57.7 Å². The van der Waals surface area contributed by atoms with Crippen LogP contribution in [0.3, 0.4) is 0 Å². The topological polar surface area (TPSA) is 70.2 Å². The van der Waals surface area contributed by atoms with Crippen LogP contribution < -0.4 is 9.64 Å². The minimum absolute atomic E-state index is 0.112. The van der Waals surface area contributed by atoms with Crippen LogP contribution >= 0.6 is 34.2 Å². The highest BCUT2D eigenvalue weighted by Gasteiger charge is 2.45. The number of hydrogen-bond acceptors (Lipinski definition) is 7. The zero-order valence-corrected chi connectivity index (χ0v) is 21.8. The first-order valence-electron chi connectivity index (χ1n) is 10.3. The number of benzene rings is 1. The van der Waals surface area contributed by atoms with E-state index in [4.69, 9.17) is 4.74 Å². The molecule has 3 aromatic rings. The van der Waals surface area contributed by atoms with Gasteiger partial charge in [-0.05, 0) is 58.2 Å². The highest BCUT2D eigenvalue weighted by molar-refractivity contribution is 14.1. The molecule has 1 saturated heterocycles. The number of piperidine rings is 1. The first-order chi connectivity index (χ1) is 14.6. The Morgan fingerprint density at radius 1 is 1.16 bits per heavy atom. The van der Waals surface area contributed by atoms with Crippen LogP contribution in [-0.4, -0.2) is 54.8 Å². The van der Waals surface area contributed by atoms with Gasteiger partial charge in [0.2, 0.25) is 5.13 Å². The number of rotatable bonds is 5. The van der Waals surface area contributed by atoms with Crippen molar-refractivity contribution in [2.24, 2.45) is 0 Å². The summed E-state index contributed by atoms with van der Waals surface area (Å²) < 4.78 is 8.15. The summed E-state index contributed by atoms with van der Waals surface area (Å²) in [5, 5.41) is 17.7. The predicted octanol–water partition coefficient (Wildman–Crippen LogP) is 5.41. The summed E-state index contributed by atoms with van der Waals surface area (Å²) in [4.78, 5) is 2.31. The van der Waals surface area contributed by atoms with E-state index >= 15 is 0 Å². The summed E-state index contributed by atoms with van der Waals surface area (Å²) in [7, 11) is 3.83. The van der Waals surface area contributed by atoms with Gasteiger partial charge in [0.05, 0.1) is 18.9 Å². The zero-order valence-electron chi connectivity index (χ0n) is 18.8. The Morgan fingerprint density at radius 3 is 2.48 bits per heavy atom. The number of hydrogen-bond donors (Lipinski definition) is 1. The van der Waals surface area contributed by atoms with Crippen LogP contribution in [-0.2, 0) is 0 Å². The van der Waals surface area contributed by atoms with Crippen molar-refractivity contribution in [3.05, 3.63) is 30.6 Å². The van der Waals surface area contributed by atoms with Gasteiger partial charge in [-0.1, -0.05) is 17.4 Å². The van der Waals surface area contributed by atoms with E-state index in [1.54, 1.807) is 24.6 Å². The lowest BCUT2D eigenvalue weighted by Gasteiger charge is -2.53. The molecule has 0 aliphatic carbocycles. The molecule has 0 saturated carbocycles. The number of methoxy groups -OCH3 is 1. The third kappa shape index (κ3) is 4.31. The summed E-state index contributed by atoms with van der Waals surface area (Å²) in [5.41, 5.74) is 3.25. The summed E-state index contributed by atoms with van der Waals surface area (Å²) in [6.07, 6.45) is 5.83. The summed E-state index contributed by atoms with van der Waals surface area (Å²) in [5.74, 6) is 0.782. The van der Waals surface area contributed by atoms with E-state index in [0.29, 0.717) is 6.04 Å². The molecule has 1 aromatic carbocycles. The summed E-state index contributed by atoms with van der Waals surface area (Å²) in [6, 6.07) is 6.54. The highest BCUT2D eigenvalue weighted by Crippen LogP contribution is 2.44. The Bertz CT molecular complexity index is 1030. The second-order valence-electron chi connectivity index (χ2n) is 9.37. The number of nitrogens with zero attached hydrogens (tertiary/aromatic N) is 5. The Hall–Kier alpha value is -1.72. The fraction of sp³-hybridized carbons (Fsp3) is 0.500. The average Bonchev–Trinajstić information content (AvgIpc) is 3.42. The SMILES string of the molecule is COc1cc(-c2cn[nH]c2)ccc1-c1nnc(N(C)C2CC(C)(C)N(I)C(C)(C)C2)s1. The molecule has 1 aliphatic heterocycles. The number of aromatic amines is 1. The van der Waals surface area contributed by atoms with Crippen LogP contribution in [0.4, 0.5) is 5.13 Å². The second-order valence-corrected chi connectivity index (χ2v) is 11.3. The minimum atomic E-state index is 0.112. The molecular formula is C22H29IN6OS. The Morgan fingerprint density at radius 2 is 1.87 bits per heavy atom. The van der Waals surface area contributed by atoms with E-state index in [1.165, 1.54) is 0 Å². The molecule has 0 spiro atoms. The van der Waals surface area contributed by atoms with E-state index in [1.807, 2.05) is 18.3 Å². The van der Waals surface area contributed by atoms with E-state index < -0.39 is 0 Å². The molecule has 1 N–H and O–H groups in total. The van der Waals surface area contributed by atoms with Gasteiger partial charge in [-0.2, -0.15) is 5.10 Å². The maximum absolute atomic E-state index is 5.68. The third-order valence-corrected chi connectivity index (χ3v) is 9.72. The quantitative estimate of drug-likeness (QED) is 0.337. The van der Waals surface area contributed by atoms with Gasteiger partial charge >= 0.3 is 0 Å². The fourth-order valence-electron chi connectivity index (χ4n) is 4.56. The molecule has 9 heteroatoms. The molecule has 31 heavy (non-hydrogen) atoms. The molecule has 3 heterocycles. The Kier molecular flexibility index (Phi) is 6.04.